The summed E-state index contributed by atoms with van der Waals surface area (Å²) in [6.45, 7) is 4.10. The van der Waals surface area contributed by atoms with Crippen molar-refractivity contribution in [1.82, 2.24) is 5.32 Å². The number of nitrogens with one attached hydrogen (secondary N) is 1. The van der Waals surface area contributed by atoms with Gasteiger partial charge in [0.15, 0.2) is 0 Å². The number of rotatable bonds is 5. The van der Waals surface area contributed by atoms with Gasteiger partial charge in [0, 0.05) is 17.1 Å². The lowest BCUT2D eigenvalue weighted by Gasteiger charge is -2.07. The molecule has 0 unspecified atom stereocenters. The van der Waals surface area contributed by atoms with Crippen LogP contribution >= 0.6 is 22.9 Å². The van der Waals surface area contributed by atoms with E-state index in [1.54, 1.807) is 11.3 Å². The Hall–Kier alpha value is -0.830. The molecule has 0 saturated carbocycles. The Kier molecular flexibility index (Phi) is 4.60. The van der Waals surface area contributed by atoms with Gasteiger partial charge in [-0.05, 0) is 47.0 Å². The molecule has 3 heteroatoms. The highest BCUT2D eigenvalue weighted by atomic mass is 35.5. The van der Waals surface area contributed by atoms with Crippen molar-refractivity contribution in [2.45, 2.75) is 19.9 Å². The summed E-state index contributed by atoms with van der Waals surface area (Å²) in [5, 5.41) is 8.40. The Morgan fingerprint density at radius 2 is 2.18 bits per heavy atom. The molecule has 0 radical (unpaired) electrons. The van der Waals surface area contributed by atoms with Crippen LogP contribution in [0.5, 0.6) is 0 Å². The van der Waals surface area contributed by atoms with Crippen molar-refractivity contribution in [3.8, 4) is 11.1 Å². The Bertz CT molecular complexity index is 465. The molecule has 0 aliphatic heterocycles. The lowest BCUT2D eigenvalue weighted by molar-refractivity contribution is 0.675. The van der Waals surface area contributed by atoms with E-state index in [1.165, 1.54) is 11.1 Å². The van der Waals surface area contributed by atoms with Gasteiger partial charge in [0.1, 0.15) is 0 Å². The second kappa shape index (κ2) is 6.20. The summed E-state index contributed by atoms with van der Waals surface area (Å²) in [6.07, 6.45) is 1.15. The molecule has 1 N–H and O–H groups in total. The van der Waals surface area contributed by atoms with Crippen molar-refractivity contribution in [2.24, 2.45) is 0 Å². The first kappa shape index (κ1) is 12.6. The predicted octanol–water partition coefficient (Wildman–Crippen LogP) is 4.57. The average Bonchev–Trinajstić information content (AvgIpc) is 2.83. The molecule has 0 aliphatic rings. The SMILES string of the molecule is CCCNCc1ccc(-c2ccsc2)c(Cl)c1. The van der Waals surface area contributed by atoms with Gasteiger partial charge in [-0.1, -0.05) is 30.7 Å². The monoisotopic (exact) mass is 265 g/mol. The third kappa shape index (κ3) is 3.32. The third-order valence-electron chi connectivity index (χ3n) is 2.62. The van der Waals surface area contributed by atoms with E-state index in [4.69, 9.17) is 11.6 Å². The molecule has 0 bridgehead atoms. The molecule has 0 aliphatic carbocycles. The highest BCUT2D eigenvalue weighted by molar-refractivity contribution is 7.08. The van der Waals surface area contributed by atoms with Gasteiger partial charge in [-0.15, -0.1) is 0 Å². The van der Waals surface area contributed by atoms with Gasteiger partial charge in [0.2, 0.25) is 0 Å². The van der Waals surface area contributed by atoms with E-state index in [-0.39, 0.29) is 0 Å². The van der Waals surface area contributed by atoms with Gasteiger partial charge in [0.25, 0.3) is 0 Å². The fourth-order valence-corrected chi connectivity index (χ4v) is 2.70. The summed E-state index contributed by atoms with van der Waals surface area (Å²) in [4.78, 5) is 0. The fraction of sp³-hybridized carbons (Fsp3) is 0.286. The van der Waals surface area contributed by atoms with E-state index in [2.05, 4.69) is 47.3 Å². The molecule has 1 nitrogen and oxygen atoms in total. The first-order chi connectivity index (χ1) is 8.31. The number of hydrogen-bond donors (Lipinski definition) is 1. The molecule has 0 atom stereocenters. The van der Waals surface area contributed by atoms with Crippen LogP contribution in [0.4, 0.5) is 0 Å². The molecule has 90 valence electrons. The standard InChI is InChI=1S/C14H16ClNS/c1-2-6-16-9-11-3-4-13(14(15)8-11)12-5-7-17-10-12/h3-5,7-8,10,16H,2,6,9H2,1H3. The van der Waals surface area contributed by atoms with E-state index in [0.717, 1.165) is 30.1 Å². The minimum absolute atomic E-state index is 0.833. The Balaban J connectivity index is 2.12. The summed E-state index contributed by atoms with van der Waals surface area (Å²) in [7, 11) is 0. The molecule has 0 amide bonds. The summed E-state index contributed by atoms with van der Waals surface area (Å²) in [5.41, 5.74) is 3.56. The zero-order valence-electron chi connectivity index (χ0n) is 9.87. The minimum atomic E-state index is 0.833. The van der Waals surface area contributed by atoms with Crippen LogP contribution in [0.3, 0.4) is 0 Å². The smallest absolute Gasteiger partial charge is 0.0487 e. The van der Waals surface area contributed by atoms with Gasteiger partial charge in [-0.25, -0.2) is 0 Å². The number of benzene rings is 1. The molecular formula is C14H16ClNS. The number of thiophene rings is 1. The molecule has 1 aromatic heterocycles. The van der Waals surface area contributed by atoms with Crippen LogP contribution in [0, 0.1) is 0 Å². The highest BCUT2D eigenvalue weighted by Gasteiger charge is 2.04. The zero-order valence-corrected chi connectivity index (χ0v) is 11.4. The Labute approximate surface area is 111 Å². The maximum absolute atomic E-state index is 6.31. The number of halogens is 1. The second-order valence-corrected chi connectivity index (χ2v) is 5.19. The summed E-state index contributed by atoms with van der Waals surface area (Å²) >= 11 is 8.00. The van der Waals surface area contributed by atoms with Crippen molar-refractivity contribution < 1.29 is 0 Å². The average molecular weight is 266 g/mol. The summed E-state index contributed by atoms with van der Waals surface area (Å²) in [6, 6.07) is 8.40. The van der Waals surface area contributed by atoms with Crippen molar-refractivity contribution in [1.29, 1.82) is 0 Å². The molecule has 1 heterocycles. The molecule has 0 saturated heterocycles. The Morgan fingerprint density at radius 3 is 2.82 bits per heavy atom. The van der Waals surface area contributed by atoms with Gasteiger partial charge in [0.05, 0.1) is 0 Å². The number of hydrogen-bond acceptors (Lipinski definition) is 2. The van der Waals surface area contributed by atoms with Gasteiger partial charge < -0.3 is 5.32 Å². The molecule has 1 aromatic carbocycles. The van der Waals surface area contributed by atoms with Crippen LogP contribution in [-0.4, -0.2) is 6.54 Å². The quantitative estimate of drug-likeness (QED) is 0.781. The van der Waals surface area contributed by atoms with Crippen LogP contribution < -0.4 is 5.32 Å². The minimum Gasteiger partial charge on any atom is -0.313 e. The molecule has 17 heavy (non-hydrogen) atoms. The van der Waals surface area contributed by atoms with Crippen LogP contribution in [-0.2, 0) is 6.54 Å². The van der Waals surface area contributed by atoms with Crippen molar-refractivity contribution in [2.75, 3.05) is 6.54 Å². The van der Waals surface area contributed by atoms with E-state index in [9.17, 15) is 0 Å². The highest BCUT2D eigenvalue weighted by Crippen LogP contribution is 2.30. The van der Waals surface area contributed by atoms with Crippen molar-refractivity contribution >= 4 is 22.9 Å². The maximum atomic E-state index is 6.31. The zero-order chi connectivity index (χ0) is 12.1. The van der Waals surface area contributed by atoms with Crippen molar-refractivity contribution in [3.63, 3.8) is 0 Å². The van der Waals surface area contributed by atoms with Crippen LogP contribution in [0.25, 0.3) is 11.1 Å². The normalized spacial score (nSPS) is 10.7. The first-order valence-corrected chi connectivity index (χ1v) is 7.15. The summed E-state index contributed by atoms with van der Waals surface area (Å²) < 4.78 is 0. The van der Waals surface area contributed by atoms with Gasteiger partial charge in [-0.2, -0.15) is 11.3 Å². The topological polar surface area (TPSA) is 12.0 Å². The summed E-state index contributed by atoms with van der Waals surface area (Å²) in [5.74, 6) is 0. The lowest BCUT2D eigenvalue weighted by Crippen LogP contribution is -2.13. The second-order valence-electron chi connectivity index (χ2n) is 4.00. The van der Waals surface area contributed by atoms with Crippen molar-refractivity contribution in [3.05, 3.63) is 45.6 Å². The van der Waals surface area contributed by atoms with Crippen LogP contribution in [0.15, 0.2) is 35.0 Å². The third-order valence-corrected chi connectivity index (χ3v) is 3.62. The predicted molar refractivity (Wildman–Crippen MR) is 76.8 cm³/mol. The van der Waals surface area contributed by atoms with Gasteiger partial charge in [-0.3, -0.25) is 0 Å². The van der Waals surface area contributed by atoms with E-state index >= 15 is 0 Å². The van der Waals surface area contributed by atoms with E-state index in [0.29, 0.717) is 0 Å². The lowest BCUT2D eigenvalue weighted by atomic mass is 10.1. The molecule has 2 aromatic rings. The van der Waals surface area contributed by atoms with E-state index in [1.807, 2.05) is 0 Å². The fourth-order valence-electron chi connectivity index (χ4n) is 1.73. The maximum Gasteiger partial charge on any atom is 0.0487 e. The molecule has 0 spiro atoms. The van der Waals surface area contributed by atoms with E-state index < -0.39 is 0 Å². The molecule has 2 rings (SSSR count). The van der Waals surface area contributed by atoms with Gasteiger partial charge >= 0.3 is 0 Å². The molecular weight excluding hydrogens is 250 g/mol. The van der Waals surface area contributed by atoms with Crippen LogP contribution in [0.2, 0.25) is 5.02 Å². The first-order valence-electron chi connectivity index (χ1n) is 5.83. The molecule has 0 fully saturated rings. The Morgan fingerprint density at radius 1 is 1.29 bits per heavy atom. The largest absolute Gasteiger partial charge is 0.313 e. The van der Waals surface area contributed by atoms with Crippen LogP contribution in [0.1, 0.15) is 18.9 Å².